The third-order valence-corrected chi connectivity index (χ3v) is 3.42. The van der Waals surface area contributed by atoms with Crippen LogP contribution >= 0.6 is 15.9 Å². The van der Waals surface area contributed by atoms with Gasteiger partial charge in [0.2, 0.25) is 0 Å². The standard InChI is InChI=1S/C14H17BrO2/c1-9-6-12(14(15)7-10(9)2)4-5-13(17)8-11(3)16/h6-8,17H,4-5H2,1-3H3. The Kier molecular flexibility index (Phi) is 4.94. The van der Waals surface area contributed by atoms with Crippen molar-refractivity contribution >= 4 is 21.7 Å². The van der Waals surface area contributed by atoms with Gasteiger partial charge in [-0.1, -0.05) is 22.0 Å². The molecule has 0 bridgehead atoms. The molecule has 0 radical (unpaired) electrons. The maximum Gasteiger partial charge on any atom is 0.155 e. The van der Waals surface area contributed by atoms with E-state index in [1.165, 1.54) is 24.1 Å². The number of carbonyl (C=O) groups excluding carboxylic acids is 1. The molecule has 0 fully saturated rings. The van der Waals surface area contributed by atoms with Crippen LogP contribution in [-0.4, -0.2) is 10.9 Å². The van der Waals surface area contributed by atoms with Crippen LogP contribution in [0.1, 0.15) is 30.0 Å². The number of halogens is 1. The van der Waals surface area contributed by atoms with Crippen molar-refractivity contribution in [1.29, 1.82) is 0 Å². The zero-order chi connectivity index (χ0) is 13.0. The molecule has 0 unspecified atom stereocenters. The summed E-state index contributed by atoms with van der Waals surface area (Å²) in [5, 5.41) is 9.52. The molecule has 0 saturated heterocycles. The number of hydrogen-bond donors (Lipinski definition) is 1. The molecule has 0 amide bonds. The highest BCUT2D eigenvalue weighted by atomic mass is 79.9. The molecule has 0 aliphatic heterocycles. The molecule has 1 rings (SSSR count). The Morgan fingerprint density at radius 2 is 1.94 bits per heavy atom. The molecule has 1 N–H and O–H groups in total. The number of allylic oxidation sites excluding steroid dienone is 2. The summed E-state index contributed by atoms with van der Waals surface area (Å²) in [5.74, 6) is 0.0179. The van der Waals surface area contributed by atoms with Crippen molar-refractivity contribution in [2.45, 2.75) is 33.6 Å². The highest BCUT2D eigenvalue weighted by molar-refractivity contribution is 9.10. The normalized spacial score (nSPS) is 11.6. The Morgan fingerprint density at radius 3 is 2.53 bits per heavy atom. The van der Waals surface area contributed by atoms with E-state index in [9.17, 15) is 9.90 Å². The lowest BCUT2D eigenvalue weighted by Gasteiger charge is -2.08. The molecule has 0 aliphatic carbocycles. The lowest BCUT2D eigenvalue weighted by Crippen LogP contribution is -1.95. The second-order valence-corrected chi connectivity index (χ2v) is 5.13. The van der Waals surface area contributed by atoms with Gasteiger partial charge in [-0.05, 0) is 49.9 Å². The number of aliphatic hydroxyl groups is 1. The molecule has 1 aromatic carbocycles. The molecule has 0 atom stereocenters. The van der Waals surface area contributed by atoms with E-state index in [0.29, 0.717) is 6.42 Å². The van der Waals surface area contributed by atoms with Gasteiger partial charge in [0.1, 0.15) is 0 Å². The Morgan fingerprint density at radius 1 is 1.35 bits per heavy atom. The van der Waals surface area contributed by atoms with Gasteiger partial charge in [0.05, 0.1) is 5.76 Å². The number of ketones is 1. The third-order valence-electron chi connectivity index (χ3n) is 2.68. The maximum atomic E-state index is 10.8. The summed E-state index contributed by atoms with van der Waals surface area (Å²) < 4.78 is 1.05. The molecule has 0 heterocycles. The van der Waals surface area contributed by atoms with E-state index in [4.69, 9.17) is 0 Å². The quantitative estimate of drug-likeness (QED) is 0.673. The topological polar surface area (TPSA) is 37.3 Å². The molecular weight excluding hydrogens is 280 g/mol. The van der Waals surface area contributed by atoms with Gasteiger partial charge in [0, 0.05) is 17.0 Å². The number of benzene rings is 1. The minimum absolute atomic E-state index is 0.123. The fourth-order valence-corrected chi connectivity index (χ4v) is 2.26. The lowest BCUT2D eigenvalue weighted by atomic mass is 10.0. The second-order valence-electron chi connectivity index (χ2n) is 4.27. The Hall–Kier alpha value is -1.09. The number of aliphatic hydroxyl groups excluding tert-OH is 1. The van der Waals surface area contributed by atoms with Crippen LogP contribution in [0.5, 0.6) is 0 Å². The van der Waals surface area contributed by atoms with Crippen LogP contribution < -0.4 is 0 Å². The van der Waals surface area contributed by atoms with Gasteiger partial charge in [-0.2, -0.15) is 0 Å². The van der Waals surface area contributed by atoms with Crippen LogP contribution in [0.15, 0.2) is 28.4 Å². The summed E-state index contributed by atoms with van der Waals surface area (Å²) in [6, 6.07) is 4.19. The van der Waals surface area contributed by atoms with Crippen molar-refractivity contribution in [3.63, 3.8) is 0 Å². The molecule has 1 aromatic rings. The van der Waals surface area contributed by atoms with Crippen LogP contribution in [0.2, 0.25) is 0 Å². The number of rotatable bonds is 4. The van der Waals surface area contributed by atoms with E-state index in [-0.39, 0.29) is 11.5 Å². The molecule has 0 spiro atoms. The predicted octanol–water partition coefficient (Wildman–Crippen LogP) is 4.03. The van der Waals surface area contributed by atoms with E-state index in [2.05, 4.69) is 41.9 Å². The molecule has 0 saturated carbocycles. The first-order valence-corrected chi connectivity index (χ1v) is 6.35. The van der Waals surface area contributed by atoms with Crippen molar-refractivity contribution in [3.05, 3.63) is 45.1 Å². The molecular formula is C14H17BrO2. The SMILES string of the molecule is CC(=O)C=C(O)CCc1cc(C)c(C)cc1Br. The summed E-state index contributed by atoms with van der Waals surface area (Å²) in [4.78, 5) is 10.8. The van der Waals surface area contributed by atoms with Crippen molar-refractivity contribution < 1.29 is 9.90 Å². The average molecular weight is 297 g/mol. The molecule has 2 nitrogen and oxygen atoms in total. The second kappa shape index (κ2) is 6.01. The van der Waals surface area contributed by atoms with Gasteiger partial charge < -0.3 is 5.11 Å². The van der Waals surface area contributed by atoms with Gasteiger partial charge in [0.15, 0.2) is 5.78 Å². The first-order chi connectivity index (χ1) is 7.90. The minimum atomic E-state index is -0.123. The van der Waals surface area contributed by atoms with Gasteiger partial charge in [-0.15, -0.1) is 0 Å². The Labute approximate surface area is 110 Å². The minimum Gasteiger partial charge on any atom is -0.512 e. The van der Waals surface area contributed by atoms with Gasteiger partial charge in [-0.25, -0.2) is 0 Å². The van der Waals surface area contributed by atoms with Crippen LogP contribution in [-0.2, 0) is 11.2 Å². The van der Waals surface area contributed by atoms with Crippen LogP contribution in [0.3, 0.4) is 0 Å². The van der Waals surface area contributed by atoms with E-state index in [1.54, 1.807) is 0 Å². The molecule has 17 heavy (non-hydrogen) atoms. The zero-order valence-electron chi connectivity index (χ0n) is 10.4. The monoisotopic (exact) mass is 296 g/mol. The van der Waals surface area contributed by atoms with Gasteiger partial charge in [0.25, 0.3) is 0 Å². The average Bonchev–Trinajstić information content (AvgIpc) is 2.20. The van der Waals surface area contributed by atoms with E-state index >= 15 is 0 Å². The fraction of sp³-hybridized carbons (Fsp3) is 0.357. The summed E-state index contributed by atoms with van der Waals surface area (Å²) in [7, 11) is 0. The van der Waals surface area contributed by atoms with E-state index in [1.807, 2.05) is 0 Å². The van der Waals surface area contributed by atoms with E-state index < -0.39 is 0 Å². The van der Waals surface area contributed by atoms with Crippen molar-refractivity contribution in [3.8, 4) is 0 Å². The molecule has 3 heteroatoms. The summed E-state index contributed by atoms with van der Waals surface area (Å²) in [6.07, 6.45) is 2.48. The first kappa shape index (κ1) is 14.0. The van der Waals surface area contributed by atoms with E-state index in [0.717, 1.165) is 16.5 Å². The van der Waals surface area contributed by atoms with Crippen LogP contribution in [0.25, 0.3) is 0 Å². The van der Waals surface area contributed by atoms with Crippen LogP contribution in [0, 0.1) is 13.8 Å². The summed E-state index contributed by atoms with van der Waals surface area (Å²) in [6.45, 7) is 5.57. The fourth-order valence-electron chi connectivity index (χ4n) is 1.60. The van der Waals surface area contributed by atoms with Crippen LogP contribution in [0.4, 0.5) is 0 Å². The number of aryl methyl sites for hydroxylation is 3. The third kappa shape index (κ3) is 4.35. The predicted molar refractivity (Wildman–Crippen MR) is 73.3 cm³/mol. The molecule has 92 valence electrons. The number of carbonyl (C=O) groups is 1. The maximum absolute atomic E-state index is 10.8. The molecule has 0 aliphatic rings. The van der Waals surface area contributed by atoms with Crippen molar-refractivity contribution in [1.82, 2.24) is 0 Å². The Bertz CT molecular complexity index is 462. The Balaban J connectivity index is 2.76. The molecule has 0 aromatic heterocycles. The highest BCUT2D eigenvalue weighted by Crippen LogP contribution is 2.23. The van der Waals surface area contributed by atoms with Gasteiger partial charge >= 0.3 is 0 Å². The lowest BCUT2D eigenvalue weighted by molar-refractivity contribution is -0.112. The summed E-state index contributed by atoms with van der Waals surface area (Å²) >= 11 is 3.51. The number of hydrogen-bond acceptors (Lipinski definition) is 2. The largest absolute Gasteiger partial charge is 0.512 e. The first-order valence-electron chi connectivity index (χ1n) is 5.56. The van der Waals surface area contributed by atoms with Gasteiger partial charge in [-0.3, -0.25) is 4.79 Å². The van der Waals surface area contributed by atoms with Crippen molar-refractivity contribution in [2.24, 2.45) is 0 Å². The summed E-state index contributed by atoms with van der Waals surface area (Å²) in [5.41, 5.74) is 3.62. The smallest absolute Gasteiger partial charge is 0.155 e. The zero-order valence-corrected chi connectivity index (χ0v) is 12.0. The van der Waals surface area contributed by atoms with Crippen molar-refractivity contribution in [2.75, 3.05) is 0 Å². The highest BCUT2D eigenvalue weighted by Gasteiger charge is 2.04.